The third-order valence-corrected chi connectivity index (χ3v) is 4.48. The smallest absolute Gasteiger partial charge is 0.139 e. The fourth-order valence-electron chi connectivity index (χ4n) is 2.62. The summed E-state index contributed by atoms with van der Waals surface area (Å²) in [5.41, 5.74) is 7.22. The van der Waals surface area contributed by atoms with Gasteiger partial charge in [0, 0.05) is 12.1 Å². The number of nitrogen functional groups attached to an aromatic ring is 1. The summed E-state index contributed by atoms with van der Waals surface area (Å²) >= 11 is 3.14. The van der Waals surface area contributed by atoms with E-state index in [1.807, 2.05) is 0 Å². The van der Waals surface area contributed by atoms with E-state index in [-0.39, 0.29) is 5.82 Å². The van der Waals surface area contributed by atoms with Crippen LogP contribution >= 0.6 is 15.9 Å². The van der Waals surface area contributed by atoms with Gasteiger partial charge in [0.2, 0.25) is 0 Å². The Kier molecular flexibility index (Phi) is 4.49. The Balaban J connectivity index is 2.00. The van der Waals surface area contributed by atoms with Crippen LogP contribution in [0.2, 0.25) is 0 Å². The summed E-state index contributed by atoms with van der Waals surface area (Å²) in [5.74, 6) is 0.594. The van der Waals surface area contributed by atoms with Crippen molar-refractivity contribution < 1.29 is 4.39 Å². The second kappa shape index (κ2) is 5.91. The molecular formula is C14H20BrFN2. The lowest BCUT2D eigenvalue weighted by atomic mass is 9.84. The second-order valence-corrected chi connectivity index (χ2v) is 5.98. The molecule has 1 aromatic carbocycles. The first-order valence-electron chi connectivity index (χ1n) is 6.61. The van der Waals surface area contributed by atoms with Gasteiger partial charge < -0.3 is 11.1 Å². The van der Waals surface area contributed by atoms with Gasteiger partial charge in [-0.1, -0.05) is 13.3 Å². The standard InChI is InChI=1S/C14H20BrFN2/c1-2-9-3-5-10(6-4-9)18-14-8-12(16)11(15)7-13(14)17/h7-10,18H,2-6,17H2,1H3. The lowest BCUT2D eigenvalue weighted by Crippen LogP contribution is -2.26. The normalized spacial score (nSPS) is 23.9. The molecule has 4 heteroatoms. The van der Waals surface area contributed by atoms with Gasteiger partial charge in [-0.25, -0.2) is 4.39 Å². The van der Waals surface area contributed by atoms with Crippen LogP contribution in [0.25, 0.3) is 0 Å². The second-order valence-electron chi connectivity index (χ2n) is 5.12. The zero-order valence-corrected chi connectivity index (χ0v) is 12.3. The summed E-state index contributed by atoms with van der Waals surface area (Å²) in [6.45, 7) is 2.25. The number of benzene rings is 1. The van der Waals surface area contributed by atoms with E-state index in [9.17, 15) is 4.39 Å². The predicted octanol–water partition coefficient (Wildman–Crippen LogP) is 4.55. The van der Waals surface area contributed by atoms with Crippen LogP contribution in [-0.4, -0.2) is 6.04 Å². The molecule has 0 bridgehead atoms. The van der Waals surface area contributed by atoms with Gasteiger partial charge in [-0.3, -0.25) is 0 Å². The highest BCUT2D eigenvalue weighted by molar-refractivity contribution is 9.10. The minimum atomic E-state index is -0.269. The van der Waals surface area contributed by atoms with Crippen molar-refractivity contribution in [2.45, 2.75) is 45.1 Å². The molecule has 0 spiro atoms. The molecule has 100 valence electrons. The molecule has 0 amide bonds. The summed E-state index contributed by atoms with van der Waals surface area (Å²) in [6.07, 6.45) is 6.08. The third-order valence-electron chi connectivity index (χ3n) is 3.88. The van der Waals surface area contributed by atoms with Crippen LogP contribution in [0.15, 0.2) is 16.6 Å². The average molecular weight is 315 g/mol. The first-order valence-corrected chi connectivity index (χ1v) is 7.40. The highest BCUT2D eigenvalue weighted by Crippen LogP contribution is 2.31. The van der Waals surface area contributed by atoms with Crippen LogP contribution in [0.1, 0.15) is 39.0 Å². The molecule has 0 aliphatic heterocycles. The Bertz CT molecular complexity index is 415. The minimum Gasteiger partial charge on any atom is -0.397 e. The molecule has 1 aliphatic carbocycles. The van der Waals surface area contributed by atoms with Crippen molar-refractivity contribution in [3.05, 3.63) is 22.4 Å². The van der Waals surface area contributed by atoms with Gasteiger partial charge >= 0.3 is 0 Å². The monoisotopic (exact) mass is 314 g/mol. The van der Waals surface area contributed by atoms with Crippen LogP contribution in [0.4, 0.5) is 15.8 Å². The van der Waals surface area contributed by atoms with Gasteiger partial charge in [-0.15, -0.1) is 0 Å². The fourth-order valence-corrected chi connectivity index (χ4v) is 2.98. The topological polar surface area (TPSA) is 38.0 Å². The Morgan fingerprint density at radius 1 is 1.33 bits per heavy atom. The number of anilines is 2. The Morgan fingerprint density at radius 2 is 2.00 bits per heavy atom. The number of nitrogens with one attached hydrogen (secondary N) is 1. The molecule has 1 saturated carbocycles. The summed E-state index contributed by atoms with van der Waals surface area (Å²) < 4.78 is 13.9. The van der Waals surface area contributed by atoms with Crippen LogP contribution in [0.5, 0.6) is 0 Å². The average Bonchev–Trinajstić information content (AvgIpc) is 2.37. The molecule has 2 nitrogen and oxygen atoms in total. The molecular weight excluding hydrogens is 295 g/mol. The Labute approximate surface area is 116 Å². The molecule has 0 aromatic heterocycles. The molecule has 1 aromatic rings. The molecule has 0 unspecified atom stereocenters. The van der Waals surface area contributed by atoms with Gasteiger partial charge in [0.25, 0.3) is 0 Å². The first kappa shape index (κ1) is 13.7. The highest BCUT2D eigenvalue weighted by Gasteiger charge is 2.20. The van der Waals surface area contributed by atoms with E-state index >= 15 is 0 Å². The molecule has 0 atom stereocenters. The lowest BCUT2D eigenvalue weighted by Gasteiger charge is -2.29. The van der Waals surface area contributed by atoms with E-state index in [0.29, 0.717) is 16.2 Å². The number of nitrogens with two attached hydrogens (primary N) is 1. The van der Waals surface area contributed by atoms with Crippen molar-refractivity contribution in [1.82, 2.24) is 0 Å². The Hall–Kier alpha value is -0.770. The van der Waals surface area contributed by atoms with E-state index in [0.717, 1.165) is 24.4 Å². The van der Waals surface area contributed by atoms with Crippen molar-refractivity contribution in [2.24, 2.45) is 5.92 Å². The van der Waals surface area contributed by atoms with E-state index in [4.69, 9.17) is 5.73 Å². The van der Waals surface area contributed by atoms with Crippen LogP contribution in [-0.2, 0) is 0 Å². The largest absolute Gasteiger partial charge is 0.397 e. The van der Waals surface area contributed by atoms with Gasteiger partial charge in [0.05, 0.1) is 15.8 Å². The summed E-state index contributed by atoms with van der Waals surface area (Å²) in [5, 5.41) is 3.38. The summed E-state index contributed by atoms with van der Waals surface area (Å²) in [7, 11) is 0. The van der Waals surface area contributed by atoms with Gasteiger partial charge in [0.15, 0.2) is 0 Å². The maximum absolute atomic E-state index is 13.5. The quantitative estimate of drug-likeness (QED) is 0.803. The number of hydrogen-bond acceptors (Lipinski definition) is 2. The van der Waals surface area contributed by atoms with Crippen LogP contribution < -0.4 is 11.1 Å². The maximum Gasteiger partial charge on any atom is 0.139 e. The first-order chi connectivity index (χ1) is 8.60. The molecule has 0 saturated heterocycles. The molecule has 2 rings (SSSR count). The highest BCUT2D eigenvalue weighted by atomic mass is 79.9. The minimum absolute atomic E-state index is 0.269. The van der Waals surface area contributed by atoms with E-state index < -0.39 is 0 Å². The fraction of sp³-hybridized carbons (Fsp3) is 0.571. The number of halogens is 2. The zero-order valence-electron chi connectivity index (χ0n) is 10.7. The van der Waals surface area contributed by atoms with Crippen LogP contribution in [0, 0.1) is 11.7 Å². The molecule has 0 radical (unpaired) electrons. The summed E-state index contributed by atoms with van der Waals surface area (Å²) in [4.78, 5) is 0. The van der Waals surface area contributed by atoms with Crippen molar-refractivity contribution in [3.8, 4) is 0 Å². The van der Waals surface area contributed by atoms with Gasteiger partial charge in [-0.05, 0) is 53.6 Å². The van der Waals surface area contributed by atoms with Crippen molar-refractivity contribution in [1.29, 1.82) is 0 Å². The maximum atomic E-state index is 13.5. The predicted molar refractivity (Wildman–Crippen MR) is 78.2 cm³/mol. The molecule has 18 heavy (non-hydrogen) atoms. The van der Waals surface area contributed by atoms with E-state index in [1.165, 1.54) is 25.3 Å². The van der Waals surface area contributed by atoms with Gasteiger partial charge in [-0.2, -0.15) is 0 Å². The Morgan fingerprint density at radius 3 is 2.61 bits per heavy atom. The number of hydrogen-bond donors (Lipinski definition) is 2. The molecule has 1 fully saturated rings. The molecule has 1 aliphatic rings. The summed E-state index contributed by atoms with van der Waals surface area (Å²) in [6, 6.07) is 3.52. The van der Waals surface area contributed by atoms with Crippen molar-refractivity contribution >= 4 is 27.3 Å². The zero-order chi connectivity index (χ0) is 13.1. The van der Waals surface area contributed by atoms with Crippen LogP contribution in [0.3, 0.4) is 0 Å². The molecule has 0 heterocycles. The number of rotatable bonds is 3. The van der Waals surface area contributed by atoms with E-state index in [2.05, 4.69) is 28.2 Å². The van der Waals surface area contributed by atoms with E-state index in [1.54, 1.807) is 6.07 Å². The molecule has 3 N–H and O–H groups in total. The van der Waals surface area contributed by atoms with Crippen molar-refractivity contribution in [2.75, 3.05) is 11.1 Å². The van der Waals surface area contributed by atoms with Gasteiger partial charge in [0.1, 0.15) is 5.82 Å². The third kappa shape index (κ3) is 3.16. The van der Waals surface area contributed by atoms with Crippen molar-refractivity contribution in [3.63, 3.8) is 0 Å². The lowest BCUT2D eigenvalue weighted by molar-refractivity contribution is 0.330. The SMILES string of the molecule is CCC1CCC(Nc2cc(F)c(Br)cc2N)CC1.